The molecule has 4 unspecified atom stereocenters. The summed E-state index contributed by atoms with van der Waals surface area (Å²) in [5.74, 6) is -0.147. The number of nitrogens with one attached hydrogen (secondary N) is 2. The first-order valence-electron chi connectivity index (χ1n) is 15.7. The molecule has 0 bridgehead atoms. The van der Waals surface area contributed by atoms with Gasteiger partial charge in [-0.25, -0.2) is 19.2 Å². The average molecular weight is 667 g/mol. The van der Waals surface area contributed by atoms with Crippen molar-refractivity contribution in [2.75, 3.05) is 33.0 Å². The summed E-state index contributed by atoms with van der Waals surface area (Å²) in [6.07, 6.45) is 0.894. The summed E-state index contributed by atoms with van der Waals surface area (Å²) in [6, 6.07) is 17.7. The van der Waals surface area contributed by atoms with Crippen LogP contribution >= 0.6 is 0 Å². The lowest BCUT2D eigenvalue weighted by Gasteiger charge is -2.46. The molecule has 3 rings (SSSR count). The van der Waals surface area contributed by atoms with Gasteiger partial charge in [-0.1, -0.05) is 70.3 Å². The van der Waals surface area contributed by atoms with Crippen molar-refractivity contribution >= 4 is 24.1 Å². The summed E-state index contributed by atoms with van der Waals surface area (Å²) >= 11 is 0. The van der Waals surface area contributed by atoms with Crippen molar-refractivity contribution in [1.29, 1.82) is 0 Å². The van der Waals surface area contributed by atoms with Gasteiger partial charge in [0.2, 0.25) is 0 Å². The van der Waals surface area contributed by atoms with E-state index < -0.39 is 41.7 Å². The van der Waals surface area contributed by atoms with Gasteiger partial charge in [-0.2, -0.15) is 0 Å². The Balaban J connectivity index is 1.57. The maximum absolute atomic E-state index is 13.1. The van der Waals surface area contributed by atoms with Gasteiger partial charge < -0.3 is 39.1 Å². The Hall–Kier alpha value is -5.00. The highest BCUT2D eigenvalue weighted by Crippen LogP contribution is 2.45. The minimum Gasteiger partial charge on any atom is -0.490 e. The van der Waals surface area contributed by atoms with Crippen LogP contribution in [0.2, 0.25) is 0 Å². The number of ether oxygens (including phenoxy) is 6. The number of alkyl carbamates (subject to hydrolysis) is 2. The van der Waals surface area contributed by atoms with Crippen molar-refractivity contribution in [3.05, 3.63) is 86.0 Å². The third-order valence-corrected chi connectivity index (χ3v) is 7.49. The molecule has 260 valence electrons. The first-order chi connectivity index (χ1) is 22.9. The zero-order valence-corrected chi connectivity index (χ0v) is 27.8. The molecule has 0 spiro atoms. The van der Waals surface area contributed by atoms with Crippen LogP contribution in [-0.2, 0) is 28.5 Å². The van der Waals surface area contributed by atoms with Crippen molar-refractivity contribution in [2.45, 2.75) is 58.3 Å². The highest BCUT2D eigenvalue weighted by molar-refractivity contribution is 5.81. The van der Waals surface area contributed by atoms with Crippen LogP contribution in [-0.4, -0.2) is 75.3 Å². The Bertz CT molecular complexity index is 1370. The van der Waals surface area contributed by atoms with Crippen LogP contribution < -0.4 is 20.1 Å². The Labute approximate surface area is 281 Å². The highest BCUT2D eigenvalue weighted by Gasteiger charge is 2.42. The molecule has 1 aliphatic carbocycles. The molecule has 2 amide bonds. The maximum Gasteiger partial charge on any atom is 0.407 e. The van der Waals surface area contributed by atoms with E-state index in [0.717, 1.165) is 18.6 Å². The lowest BCUT2D eigenvalue weighted by Crippen LogP contribution is -2.51. The van der Waals surface area contributed by atoms with E-state index in [4.69, 9.17) is 28.4 Å². The Morgan fingerprint density at radius 3 is 1.71 bits per heavy atom. The summed E-state index contributed by atoms with van der Waals surface area (Å²) < 4.78 is 32.9. The summed E-state index contributed by atoms with van der Waals surface area (Å²) in [4.78, 5) is 49.3. The standard InChI is InChI=1S/C36H46N2O10/c1-6-31(39)45-22-29(20-43-27-14-10-8-11-15-27)47-33(41)37-25-36(5)19-26(18-35(3,4)24-36)38-34(42)48-30(23-46-32(40)7-2)21-44-28-16-12-9-13-17-28/h6-17,26,29-30H,1-2,18-25H2,3-5H3,(H,37,41)(H,38,42). The number of hydrogen-bond acceptors (Lipinski definition) is 10. The van der Waals surface area contributed by atoms with Gasteiger partial charge in [0.05, 0.1) is 0 Å². The van der Waals surface area contributed by atoms with Gasteiger partial charge in [0, 0.05) is 24.7 Å². The molecule has 0 aromatic heterocycles. The zero-order chi connectivity index (χ0) is 35.0. The molecule has 12 heteroatoms. The SMILES string of the molecule is C=CC(=O)OCC(COc1ccccc1)OC(=O)NCC1(C)CC(NC(=O)OC(COC(=O)C=C)COc2ccccc2)CC(C)(C)C1. The number of benzene rings is 2. The fourth-order valence-corrected chi connectivity index (χ4v) is 5.81. The molecule has 0 saturated heterocycles. The van der Waals surface area contributed by atoms with Gasteiger partial charge in [0.25, 0.3) is 0 Å². The number of carbonyl (C=O) groups excluding carboxylic acids is 4. The predicted octanol–water partition coefficient (Wildman–Crippen LogP) is 5.38. The van der Waals surface area contributed by atoms with Gasteiger partial charge in [-0.15, -0.1) is 0 Å². The van der Waals surface area contributed by atoms with E-state index in [1.54, 1.807) is 24.3 Å². The molecule has 1 aliphatic rings. The summed E-state index contributed by atoms with van der Waals surface area (Å²) in [6.45, 7) is 12.7. The lowest BCUT2D eigenvalue weighted by atomic mass is 9.62. The second-order valence-corrected chi connectivity index (χ2v) is 12.7. The van der Waals surface area contributed by atoms with Gasteiger partial charge in [-0.3, -0.25) is 0 Å². The average Bonchev–Trinajstić information content (AvgIpc) is 3.05. The van der Waals surface area contributed by atoms with Crippen LogP contribution in [0.15, 0.2) is 86.0 Å². The monoisotopic (exact) mass is 666 g/mol. The van der Waals surface area contributed by atoms with E-state index in [2.05, 4.69) is 37.6 Å². The minimum atomic E-state index is -0.877. The molecule has 0 radical (unpaired) electrons. The second-order valence-electron chi connectivity index (χ2n) is 12.7. The van der Waals surface area contributed by atoms with E-state index >= 15 is 0 Å². The number of hydrogen-bond donors (Lipinski definition) is 2. The molecule has 4 atom stereocenters. The van der Waals surface area contributed by atoms with E-state index in [1.807, 2.05) is 43.3 Å². The maximum atomic E-state index is 13.1. The third kappa shape index (κ3) is 13.8. The molecule has 0 heterocycles. The molecular weight excluding hydrogens is 620 g/mol. The number of esters is 2. The largest absolute Gasteiger partial charge is 0.490 e. The van der Waals surface area contributed by atoms with E-state index in [-0.39, 0.29) is 44.4 Å². The molecule has 1 saturated carbocycles. The molecule has 48 heavy (non-hydrogen) atoms. The molecule has 0 aliphatic heterocycles. The van der Waals surface area contributed by atoms with Crippen LogP contribution in [0.25, 0.3) is 0 Å². The minimum absolute atomic E-state index is 0.0358. The van der Waals surface area contributed by atoms with Crippen LogP contribution in [0.3, 0.4) is 0 Å². The molecule has 2 N–H and O–H groups in total. The number of carbonyl (C=O) groups is 4. The van der Waals surface area contributed by atoms with Crippen LogP contribution in [0.4, 0.5) is 9.59 Å². The quantitative estimate of drug-likeness (QED) is 0.128. The molecule has 2 aromatic carbocycles. The van der Waals surface area contributed by atoms with Crippen LogP contribution in [0.1, 0.15) is 40.0 Å². The summed E-state index contributed by atoms with van der Waals surface area (Å²) in [5.41, 5.74) is -0.601. The van der Waals surface area contributed by atoms with E-state index in [9.17, 15) is 19.2 Å². The van der Waals surface area contributed by atoms with Crippen molar-refractivity contribution in [2.24, 2.45) is 10.8 Å². The fraction of sp³-hybridized carbons (Fsp3) is 0.444. The Morgan fingerprint density at radius 2 is 1.23 bits per heavy atom. The van der Waals surface area contributed by atoms with Crippen molar-refractivity contribution in [3.8, 4) is 11.5 Å². The van der Waals surface area contributed by atoms with Gasteiger partial charge in [0.15, 0.2) is 12.2 Å². The van der Waals surface area contributed by atoms with Crippen molar-refractivity contribution in [1.82, 2.24) is 10.6 Å². The van der Waals surface area contributed by atoms with Crippen molar-refractivity contribution < 1.29 is 47.6 Å². The number of amides is 2. The summed E-state index contributed by atoms with van der Waals surface area (Å²) in [7, 11) is 0. The highest BCUT2D eigenvalue weighted by atomic mass is 16.6. The van der Waals surface area contributed by atoms with E-state index in [1.165, 1.54) is 0 Å². The summed E-state index contributed by atoms with van der Waals surface area (Å²) in [5, 5.41) is 5.79. The first kappa shape index (κ1) is 37.5. The van der Waals surface area contributed by atoms with Gasteiger partial charge in [0.1, 0.15) is 37.9 Å². The molecule has 1 fully saturated rings. The third-order valence-electron chi connectivity index (χ3n) is 7.49. The molecular formula is C36H46N2O10. The lowest BCUT2D eigenvalue weighted by molar-refractivity contribution is -0.142. The number of para-hydroxylation sites is 2. The number of rotatable bonds is 17. The smallest absolute Gasteiger partial charge is 0.407 e. The first-order valence-corrected chi connectivity index (χ1v) is 15.7. The molecule has 2 aromatic rings. The molecule has 12 nitrogen and oxygen atoms in total. The Morgan fingerprint density at radius 1 is 0.750 bits per heavy atom. The van der Waals surface area contributed by atoms with Crippen molar-refractivity contribution in [3.63, 3.8) is 0 Å². The normalized spacial score (nSPS) is 19.3. The Kier molecular flexibility index (Phi) is 14.3. The zero-order valence-electron chi connectivity index (χ0n) is 27.8. The van der Waals surface area contributed by atoms with E-state index in [0.29, 0.717) is 24.3 Å². The second kappa shape index (κ2) is 18.4. The fourth-order valence-electron chi connectivity index (χ4n) is 5.81. The van der Waals surface area contributed by atoms with Gasteiger partial charge in [-0.05, 0) is 54.4 Å². The topological polar surface area (TPSA) is 148 Å². The van der Waals surface area contributed by atoms with Crippen LogP contribution in [0.5, 0.6) is 11.5 Å². The predicted molar refractivity (Wildman–Crippen MR) is 177 cm³/mol. The van der Waals surface area contributed by atoms with Crippen LogP contribution in [0, 0.1) is 10.8 Å². The van der Waals surface area contributed by atoms with Gasteiger partial charge >= 0.3 is 24.1 Å².